The minimum Gasteiger partial charge on any atom is -0.507 e. The molecular weight excluding hydrogens is 284 g/mol. The molecule has 1 aromatic rings. The highest BCUT2D eigenvalue weighted by molar-refractivity contribution is 5.80. The maximum Gasteiger partial charge on any atom is 0.131 e. The Morgan fingerprint density at radius 2 is 2.00 bits per heavy atom. The molecule has 3 rings (SSSR count). The Bertz CT molecular complexity index is 613. The fourth-order valence-electron chi connectivity index (χ4n) is 4.18. The summed E-state index contributed by atoms with van der Waals surface area (Å²) in [5.74, 6) is 2.22. The van der Waals surface area contributed by atoms with Crippen molar-refractivity contribution in [2.45, 2.75) is 71.8 Å². The molecule has 2 nitrogen and oxygen atoms in total. The molecule has 1 aromatic carbocycles. The van der Waals surface area contributed by atoms with Crippen molar-refractivity contribution in [3.8, 4) is 11.5 Å². The number of aromatic hydroxyl groups is 1. The van der Waals surface area contributed by atoms with Crippen LogP contribution in [0.15, 0.2) is 18.2 Å². The van der Waals surface area contributed by atoms with E-state index in [0.717, 1.165) is 24.2 Å². The first-order valence-electron chi connectivity index (χ1n) is 9.19. The van der Waals surface area contributed by atoms with Crippen LogP contribution in [0.5, 0.6) is 11.5 Å². The molecule has 0 unspecified atom stereocenters. The van der Waals surface area contributed by atoms with Crippen molar-refractivity contribution in [1.29, 1.82) is 0 Å². The number of aryl methyl sites for hydroxylation is 1. The van der Waals surface area contributed by atoms with Crippen LogP contribution >= 0.6 is 0 Å². The van der Waals surface area contributed by atoms with E-state index in [9.17, 15) is 5.11 Å². The monoisotopic (exact) mass is 314 g/mol. The van der Waals surface area contributed by atoms with E-state index in [1.165, 1.54) is 36.8 Å². The van der Waals surface area contributed by atoms with Crippen LogP contribution in [0.1, 0.15) is 70.9 Å². The van der Waals surface area contributed by atoms with Gasteiger partial charge in [0.05, 0.1) is 5.56 Å². The number of phenolic OH excluding ortho intramolecular Hbond substituents is 1. The fourth-order valence-corrected chi connectivity index (χ4v) is 4.18. The zero-order valence-electron chi connectivity index (χ0n) is 15.0. The molecule has 126 valence electrons. The van der Waals surface area contributed by atoms with Crippen molar-refractivity contribution >= 4 is 5.57 Å². The normalized spacial score (nSPS) is 25.1. The quantitative estimate of drug-likeness (QED) is 0.720. The number of phenols is 1. The van der Waals surface area contributed by atoms with Crippen LogP contribution in [-0.4, -0.2) is 10.7 Å². The highest BCUT2D eigenvalue weighted by Gasteiger charge is 2.43. The van der Waals surface area contributed by atoms with Crippen LogP contribution < -0.4 is 4.74 Å². The average Bonchev–Trinajstić information content (AvgIpc) is 2.46. The van der Waals surface area contributed by atoms with Crippen molar-refractivity contribution in [1.82, 2.24) is 0 Å². The van der Waals surface area contributed by atoms with E-state index in [4.69, 9.17) is 4.74 Å². The first-order chi connectivity index (χ1) is 10.9. The van der Waals surface area contributed by atoms with Crippen molar-refractivity contribution in [3.05, 3.63) is 29.3 Å². The lowest BCUT2D eigenvalue weighted by Gasteiger charge is -2.44. The van der Waals surface area contributed by atoms with E-state index < -0.39 is 0 Å². The van der Waals surface area contributed by atoms with Gasteiger partial charge in [-0.2, -0.15) is 0 Å². The van der Waals surface area contributed by atoms with Gasteiger partial charge < -0.3 is 9.84 Å². The average molecular weight is 314 g/mol. The third-order valence-corrected chi connectivity index (χ3v) is 5.46. The van der Waals surface area contributed by atoms with Crippen LogP contribution in [-0.2, 0) is 6.42 Å². The van der Waals surface area contributed by atoms with Gasteiger partial charge in [-0.25, -0.2) is 0 Å². The van der Waals surface area contributed by atoms with E-state index in [1.807, 2.05) is 6.07 Å². The van der Waals surface area contributed by atoms with Crippen molar-refractivity contribution in [3.63, 3.8) is 0 Å². The lowest BCUT2D eigenvalue weighted by molar-refractivity contribution is 0.0510. The molecule has 2 atom stereocenters. The molecule has 2 aliphatic rings. The lowest BCUT2D eigenvalue weighted by Crippen LogP contribution is -2.42. The predicted molar refractivity (Wildman–Crippen MR) is 95.9 cm³/mol. The Kier molecular flexibility index (Phi) is 4.44. The number of hydrogen-bond donors (Lipinski definition) is 1. The molecule has 0 fully saturated rings. The Labute approximate surface area is 140 Å². The molecule has 1 aliphatic heterocycles. The molecule has 0 spiro atoms. The fraction of sp³-hybridized carbons (Fsp3) is 0.619. The Morgan fingerprint density at radius 3 is 2.74 bits per heavy atom. The number of rotatable bonds is 4. The van der Waals surface area contributed by atoms with Crippen molar-refractivity contribution in [2.24, 2.45) is 11.8 Å². The molecule has 23 heavy (non-hydrogen) atoms. The van der Waals surface area contributed by atoms with Crippen LogP contribution in [0.2, 0.25) is 0 Å². The summed E-state index contributed by atoms with van der Waals surface area (Å²) in [7, 11) is 0. The van der Waals surface area contributed by atoms with Crippen LogP contribution in [0.3, 0.4) is 0 Å². The van der Waals surface area contributed by atoms with Gasteiger partial charge in [0.1, 0.15) is 17.1 Å². The second-order valence-electron chi connectivity index (χ2n) is 7.88. The number of ether oxygens (including phenoxy) is 1. The van der Waals surface area contributed by atoms with Gasteiger partial charge in [0, 0.05) is 5.92 Å². The number of unbranched alkanes of at least 4 members (excludes halogenated alkanes) is 2. The van der Waals surface area contributed by atoms with E-state index in [1.54, 1.807) is 0 Å². The number of fused-ring (bicyclic) bond motifs is 3. The molecule has 0 bridgehead atoms. The Balaban J connectivity index is 2.01. The van der Waals surface area contributed by atoms with Crippen LogP contribution in [0.25, 0.3) is 5.57 Å². The van der Waals surface area contributed by atoms with Crippen LogP contribution in [0, 0.1) is 11.8 Å². The second-order valence-corrected chi connectivity index (χ2v) is 7.88. The molecule has 0 aromatic heterocycles. The summed E-state index contributed by atoms with van der Waals surface area (Å²) in [5, 5.41) is 10.7. The van der Waals surface area contributed by atoms with Crippen LogP contribution in [0.4, 0.5) is 0 Å². The SMILES string of the molecule is CCCCCc1cc(O)c2c(c1)OC(C)(C)[C@@H]1CC[C@H](C)C=C21. The number of hydrogen-bond acceptors (Lipinski definition) is 2. The summed E-state index contributed by atoms with van der Waals surface area (Å²) in [6.45, 7) is 8.85. The lowest BCUT2D eigenvalue weighted by atomic mass is 9.70. The van der Waals surface area contributed by atoms with E-state index in [0.29, 0.717) is 17.6 Å². The van der Waals surface area contributed by atoms with Gasteiger partial charge in [-0.05, 0) is 68.7 Å². The minimum atomic E-state index is -0.201. The topological polar surface area (TPSA) is 29.5 Å². The molecule has 0 amide bonds. The summed E-state index contributed by atoms with van der Waals surface area (Å²) in [6, 6.07) is 4.11. The molecule has 1 aliphatic carbocycles. The third-order valence-electron chi connectivity index (χ3n) is 5.46. The van der Waals surface area contributed by atoms with E-state index in [-0.39, 0.29) is 5.60 Å². The summed E-state index contributed by atoms with van der Waals surface area (Å²) in [6.07, 6.45) is 9.32. The minimum absolute atomic E-state index is 0.201. The predicted octanol–water partition coefficient (Wildman–Crippen LogP) is 5.73. The Hall–Kier alpha value is -1.44. The van der Waals surface area contributed by atoms with Gasteiger partial charge in [-0.3, -0.25) is 0 Å². The molecular formula is C21H30O2. The van der Waals surface area contributed by atoms with Gasteiger partial charge in [0.15, 0.2) is 0 Å². The highest BCUT2D eigenvalue weighted by atomic mass is 16.5. The molecule has 2 heteroatoms. The maximum atomic E-state index is 10.7. The summed E-state index contributed by atoms with van der Waals surface area (Å²) >= 11 is 0. The maximum absolute atomic E-state index is 10.7. The van der Waals surface area contributed by atoms with Gasteiger partial charge in [-0.15, -0.1) is 0 Å². The molecule has 0 radical (unpaired) electrons. The smallest absolute Gasteiger partial charge is 0.131 e. The first-order valence-corrected chi connectivity index (χ1v) is 9.19. The second kappa shape index (κ2) is 6.22. The van der Waals surface area contributed by atoms with Gasteiger partial charge >= 0.3 is 0 Å². The van der Waals surface area contributed by atoms with Gasteiger partial charge in [-0.1, -0.05) is 32.8 Å². The standard InChI is InChI=1S/C21H30O2/c1-5-6-7-8-15-12-18(22)20-16-11-14(2)9-10-17(16)21(3,4)23-19(20)13-15/h11-14,17,22H,5-10H2,1-4H3/t14-,17+/m0/s1. The first kappa shape index (κ1) is 16.4. The Morgan fingerprint density at radius 1 is 1.22 bits per heavy atom. The zero-order chi connectivity index (χ0) is 16.6. The van der Waals surface area contributed by atoms with Gasteiger partial charge in [0.25, 0.3) is 0 Å². The molecule has 0 saturated heterocycles. The van der Waals surface area contributed by atoms with Gasteiger partial charge in [0.2, 0.25) is 0 Å². The molecule has 1 N–H and O–H groups in total. The number of allylic oxidation sites excluding steroid dienone is 1. The zero-order valence-corrected chi connectivity index (χ0v) is 15.0. The third kappa shape index (κ3) is 3.13. The summed E-state index contributed by atoms with van der Waals surface area (Å²) in [4.78, 5) is 0. The largest absolute Gasteiger partial charge is 0.507 e. The van der Waals surface area contributed by atoms with E-state index in [2.05, 4.69) is 39.8 Å². The van der Waals surface area contributed by atoms with Crippen molar-refractivity contribution in [2.75, 3.05) is 0 Å². The number of benzene rings is 1. The van der Waals surface area contributed by atoms with Crippen molar-refractivity contribution < 1.29 is 9.84 Å². The summed E-state index contributed by atoms with van der Waals surface area (Å²) < 4.78 is 6.35. The molecule has 0 saturated carbocycles. The van der Waals surface area contributed by atoms with E-state index >= 15 is 0 Å². The highest BCUT2D eigenvalue weighted by Crippen LogP contribution is 2.52. The molecule has 1 heterocycles. The summed E-state index contributed by atoms with van der Waals surface area (Å²) in [5.41, 5.74) is 3.23.